The monoisotopic (exact) mass is 324 g/mol. The first-order valence-corrected chi connectivity index (χ1v) is 7.30. The highest BCUT2D eigenvalue weighted by Crippen LogP contribution is 2.17. The summed E-state index contributed by atoms with van der Waals surface area (Å²) in [5.74, 6) is 0.699. The number of halogens is 1. The largest absolute Gasteiger partial charge is 0.471 e. The van der Waals surface area contributed by atoms with Gasteiger partial charge in [0, 0.05) is 11.1 Å². The lowest BCUT2D eigenvalue weighted by Gasteiger charge is -2.11. The minimum Gasteiger partial charge on any atom is -0.471 e. The molecule has 1 aromatic carbocycles. The summed E-state index contributed by atoms with van der Waals surface area (Å²) in [4.78, 5) is 0. The zero-order chi connectivity index (χ0) is 15.2. The molecule has 0 aliphatic heterocycles. The molecule has 1 aromatic heterocycles. The van der Waals surface area contributed by atoms with E-state index in [2.05, 4.69) is 15.7 Å². The van der Waals surface area contributed by atoms with E-state index in [4.69, 9.17) is 28.6 Å². The highest BCUT2D eigenvalue weighted by atomic mass is 35.5. The van der Waals surface area contributed by atoms with Crippen LogP contribution in [0, 0.1) is 0 Å². The fourth-order valence-corrected chi connectivity index (χ4v) is 2.16. The Morgan fingerprint density at radius 1 is 1.48 bits per heavy atom. The molecule has 2 aromatic rings. The van der Waals surface area contributed by atoms with Crippen molar-refractivity contribution in [3.63, 3.8) is 0 Å². The summed E-state index contributed by atoms with van der Waals surface area (Å²) in [5, 5.41) is 11.6. The zero-order valence-corrected chi connectivity index (χ0v) is 13.4. The highest BCUT2D eigenvalue weighted by Gasteiger charge is 2.03. The number of ether oxygens (including phenoxy) is 1. The van der Waals surface area contributed by atoms with Gasteiger partial charge in [-0.15, -0.1) is 0 Å². The topological polar surface area (TPSA) is 51.1 Å². The normalized spacial score (nSPS) is 10.5. The van der Waals surface area contributed by atoms with Crippen molar-refractivity contribution in [3.05, 3.63) is 41.7 Å². The summed E-state index contributed by atoms with van der Waals surface area (Å²) < 4.78 is 7.26. The lowest BCUT2D eigenvalue weighted by atomic mass is 10.3. The van der Waals surface area contributed by atoms with Crippen LogP contribution in [0.2, 0.25) is 5.02 Å². The molecule has 0 amide bonds. The molecule has 5 nitrogen and oxygen atoms in total. The Labute approximate surface area is 134 Å². The van der Waals surface area contributed by atoms with Crippen LogP contribution < -0.4 is 15.4 Å². The summed E-state index contributed by atoms with van der Waals surface area (Å²) in [6, 6.07) is 7.52. The van der Waals surface area contributed by atoms with E-state index in [1.807, 2.05) is 32.2 Å². The zero-order valence-electron chi connectivity index (χ0n) is 11.8. The molecule has 112 valence electrons. The third-order valence-corrected chi connectivity index (χ3v) is 2.93. The maximum absolute atomic E-state index is 5.90. The Morgan fingerprint density at radius 3 is 3.00 bits per heavy atom. The van der Waals surface area contributed by atoms with Crippen LogP contribution in [0.5, 0.6) is 5.75 Å². The summed E-state index contributed by atoms with van der Waals surface area (Å²) in [6.07, 6.45) is 3.51. The summed E-state index contributed by atoms with van der Waals surface area (Å²) in [7, 11) is 0. The molecule has 2 rings (SSSR count). The number of hydrogen-bond acceptors (Lipinski definition) is 3. The molecule has 0 spiro atoms. The molecule has 21 heavy (non-hydrogen) atoms. The average Bonchev–Trinajstić information content (AvgIpc) is 2.83. The van der Waals surface area contributed by atoms with E-state index < -0.39 is 0 Å². The van der Waals surface area contributed by atoms with E-state index in [1.54, 1.807) is 23.0 Å². The van der Waals surface area contributed by atoms with Gasteiger partial charge in [0.2, 0.25) is 0 Å². The molecule has 0 unspecified atom stereocenters. The molecule has 0 aliphatic carbocycles. The molecule has 0 radical (unpaired) electrons. The first-order valence-electron chi connectivity index (χ1n) is 6.51. The molecule has 1 heterocycles. The first kappa shape index (κ1) is 15.6. The Morgan fingerprint density at radius 2 is 2.29 bits per heavy atom. The Bertz CT molecular complexity index is 615. The van der Waals surface area contributed by atoms with Gasteiger partial charge in [0.05, 0.1) is 18.1 Å². The number of thiocarbonyl (C=S) groups is 1. The fraction of sp³-hybridized carbons (Fsp3) is 0.286. The fourth-order valence-electron chi connectivity index (χ4n) is 1.63. The summed E-state index contributed by atoms with van der Waals surface area (Å²) in [5.41, 5.74) is 0.808. The molecule has 0 atom stereocenters. The van der Waals surface area contributed by atoms with Crippen LogP contribution in [-0.4, -0.2) is 20.9 Å². The number of benzene rings is 1. The van der Waals surface area contributed by atoms with Crippen LogP contribution in [0.1, 0.15) is 13.8 Å². The minimum absolute atomic E-state index is 0.284. The number of nitrogens with zero attached hydrogens (tertiary/aromatic N) is 2. The second-order valence-corrected chi connectivity index (χ2v) is 5.60. The molecule has 0 bridgehead atoms. The summed E-state index contributed by atoms with van der Waals surface area (Å²) >= 11 is 11.1. The standard InChI is InChI=1S/C14H17ClN4OS/c1-10(2)17-14(21)18-12-7-16-19(8-12)9-20-13-5-3-4-11(15)6-13/h3-8,10H,9H2,1-2H3,(H2,17,18,21). The van der Waals surface area contributed by atoms with Gasteiger partial charge in [0.1, 0.15) is 5.75 Å². The maximum atomic E-state index is 5.90. The van der Waals surface area contributed by atoms with Gasteiger partial charge in [-0.05, 0) is 44.3 Å². The van der Waals surface area contributed by atoms with Crippen LogP contribution in [0.25, 0.3) is 0 Å². The van der Waals surface area contributed by atoms with Crippen molar-refractivity contribution < 1.29 is 4.74 Å². The molecule has 7 heteroatoms. The number of hydrogen-bond donors (Lipinski definition) is 2. The maximum Gasteiger partial charge on any atom is 0.180 e. The number of nitrogens with one attached hydrogen (secondary N) is 2. The van der Waals surface area contributed by atoms with Crippen molar-refractivity contribution in [1.29, 1.82) is 0 Å². The van der Waals surface area contributed by atoms with E-state index in [0.717, 1.165) is 5.69 Å². The first-order chi connectivity index (χ1) is 10.0. The SMILES string of the molecule is CC(C)NC(=S)Nc1cnn(COc2cccc(Cl)c2)c1. The molecule has 2 N–H and O–H groups in total. The Hall–Kier alpha value is -1.79. The van der Waals surface area contributed by atoms with E-state index in [0.29, 0.717) is 22.6 Å². The average molecular weight is 325 g/mol. The van der Waals surface area contributed by atoms with Gasteiger partial charge >= 0.3 is 0 Å². The van der Waals surface area contributed by atoms with Gasteiger partial charge in [-0.1, -0.05) is 17.7 Å². The third-order valence-electron chi connectivity index (χ3n) is 2.47. The highest BCUT2D eigenvalue weighted by molar-refractivity contribution is 7.80. The van der Waals surface area contributed by atoms with Gasteiger partial charge in [0.15, 0.2) is 11.8 Å². The van der Waals surface area contributed by atoms with Gasteiger partial charge in [-0.2, -0.15) is 5.10 Å². The lowest BCUT2D eigenvalue weighted by Crippen LogP contribution is -2.33. The second-order valence-electron chi connectivity index (χ2n) is 4.75. The van der Waals surface area contributed by atoms with Gasteiger partial charge in [0.25, 0.3) is 0 Å². The molecule has 0 fully saturated rings. The molecular weight excluding hydrogens is 308 g/mol. The predicted octanol–water partition coefficient (Wildman–Crippen LogP) is 3.27. The Balaban J connectivity index is 1.87. The van der Waals surface area contributed by atoms with Crippen LogP contribution in [0.3, 0.4) is 0 Å². The van der Waals surface area contributed by atoms with Crippen LogP contribution in [0.15, 0.2) is 36.7 Å². The van der Waals surface area contributed by atoms with Crippen molar-refractivity contribution in [2.45, 2.75) is 26.6 Å². The van der Waals surface area contributed by atoms with Crippen molar-refractivity contribution >= 4 is 34.6 Å². The number of aromatic nitrogens is 2. The van der Waals surface area contributed by atoms with Crippen molar-refractivity contribution in [2.75, 3.05) is 5.32 Å². The van der Waals surface area contributed by atoms with Crippen molar-refractivity contribution in [3.8, 4) is 5.75 Å². The van der Waals surface area contributed by atoms with E-state index in [-0.39, 0.29) is 6.04 Å². The summed E-state index contributed by atoms with van der Waals surface area (Å²) in [6.45, 7) is 4.35. The third kappa shape index (κ3) is 5.24. The molecule has 0 saturated heterocycles. The predicted molar refractivity (Wildman–Crippen MR) is 88.8 cm³/mol. The van der Waals surface area contributed by atoms with Gasteiger partial charge < -0.3 is 15.4 Å². The number of rotatable bonds is 5. The van der Waals surface area contributed by atoms with E-state index >= 15 is 0 Å². The Kier molecular flexibility index (Phi) is 5.41. The molecular formula is C14H17ClN4OS. The van der Waals surface area contributed by atoms with Crippen molar-refractivity contribution in [2.24, 2.45) is 0 Å². The molecule has 0 aliphatic rings. The van der Waals surface area contributed by atoms with Gasteiger partial charge in [-0.25, -0.2) is 4.68 Å². The minimum atomic E-state index is 0.284. The van der Waals surface area contributed by atoms with Crippen LogP contribution in [0.4, 0.5) is 5.69 Å². The van der Waals surface area contributed by atoms with E-state index in [1.165, 1.54) is 0 Å². The smallest absolute Gasteiger partial charge is 0.180 e. The van der Waals surface area contributed by atoms with Crippen molar-refractivity contribution in [1.82, 2.24) is 15.1 Å². The quantitative estimate of drug-likeness (QED) is 0.827. The van der Waals surface area contributed by atoms with Crippen LogP contribution >= 0.6 is 23.8 Å². The van der Waals surface area contributed by atoms with Crippen LogP contribution in [-0.2, 0) is 6.73 Å². The molecule has 0 saturated carbocycles. The number of anilines is 1. The lowest BCUT2D eigenvalue weighted by molar-refractivity contribution is 0.221. The van der Waals surface area contributed by atoms with E-state index in [9.17, 15) is 0 Å². The van der Waals surface area contributed by atoms with Gasteiger partial charge in [-0.3, -0.25) is 0 Å². The second kappa shape index (κ2) is 7.28.